The monoisotopic (exact) mass is 242 g/mol. The highest BCUT2D eigenvalue weighted by atomic mass is 15.0. The number of para-hydroxylation sites is 1. The van der Waals surface area contributed by atoms with Crippen LogP contribution in [-0.2, 0) is 13.0 Å². The van der Waals surface area contributed by atoms with Crippen LogP contribution in [0, 0.1) is 20.8 Å². The Balaban J connectivity index is 2.73. The van der Waals surface area contributed by atoms with Crippen molar-refractivity contribution in [2.75, 3.05) is 0 Å². The van der Waals surface area contributed by atoms with E-state index in [1.807, 2.05) is 0 Å². The molecule has 1 heterocycles. The Morgan fingerprint density at radius 1 is 1.11 bits per heavy atom. The van der Waals surface area contributed by atoms with Crippen LogP contribution in [0.1, 0.15) is 35.0 Å². The normalized spacial score (nSPS) is 10.9. The molecule has 2 aromatic rings. The zero-order valence-electron chi connectivity index (χ0n) is 11.7. The summed E-state index contributed by atoms with van der Waals surface area (Å²) in [4.78, 5) is 0. The summed E-state index contributed by atoms with van der Waals surface area (Å²) in [5, 5.41) is 0. The zero-order valence-corrected chi connectivity index (χ0v) is 11.7. The van der Waals surface area contributed by atoms with E-state index in [0.29, 0.717) is 6.54 Å². The summed E-state index contributed by atoms with van der Waals surface area (Å²) in [5.74, 6) is 0. The second-order valence-electron chi connectivity index (χ2n) is 4.87. The molecule has 0 atom stereocenters. The standard InChI is InChI=1S/C16H22N2/c1-5-14-8-6-7-11(2)16(14)18-12(3)9-15(10-17)13(18)4/h6-9H,5,10,17H2,1-4H3. The van der Waals surface area contributed by atoms with Crippen LogP contribution in [-0.4, -0.2) is 4.57 Å². The molecular weight excluding hydrogens is 220 g/mol. The molecule has 1 aromatic heterocycles. The molecule has 0 aliphatic carbocycles. The van der Waals surface area contributed by atoms with Gasteiger partial charge in [-0.1, -0.05) is 25.1 Å². The summed E-state index contributed by atoms with van der Waals surface area (Å²) in [6.07, 6.45) is 1.05. The Kier molecular flexibility index (Phi) is 3.58. The highest BCUT2D eigenvalue weighted by Gasteiger charge is 2.13. The Labute approximate surface area is 109 Å². The highest BCUT2D eigenvalue weighted by molar-refractivity contribution is 5.51. The van der Waals surface area contributed by atoms with Gasteiger partial charge in [-0.2, -0.15) is 0 Å². The molecule has 0 aliphatic rings. The van der Waals surface area contributed by atoms with E-state index in [4.69, 9.17) is 5.73 Å². The van der Waals surface area contributed by atoms with Crippen LogP contribution in [0.15, 0.2) is 24.3 Å². The van der Waals surface area contributed by atoms with E-state index in [2.05, 4.69) is 56.5 Å². The molecule has 2 rings (SSSR count). The topological polar surface area (TPSA) is 30.9 Å². The zero-order chi connectivity index (χ0) is 13.3. The van der Waals surface area contributed by atoms with Crippen molar-refractivity contribution >= 4 is 0 Å². The van der Waals surface area contributed by atoms with E-state index >= 15 is 0 Å². The molecule has 0 saturated heterocycles. The van der Waals surface area contributed by atoms with E-state index < -0.39 is 0 Å². The average molecular weight is 242 g/mol. The lowest BCUT2D eigenvalue weighted by Crippen LogP contribution is -2.06. The molecule has 0 unspecified atom stereocenters. The fourth-order valence-corrected chi connectivity index (χ4v) is 2.70. The van der Waals surface area contributed by atoms with Crippen LogP contribution in [0.4, 0.5) is 0 Å². The van der Waals surface area contributed by atoms with Crippen LogP contribution in [0.3, 0.4) is 0 Å². The van der Waals surface area contributed by atoms with Crippen molar-refractivity contribution in [1.82, 2.24) is 4.57 Å². The molecular formula is C16H22N2. The van der Waals surface area contributed by atoms with Crippen molar-refractivity contribution in [3.8, 4) is 5.69 Å². The molecule has 0 spiro atoms. The van der Waals surface area contributed by atoms with Crippen molar-refractivity contribution in [3.63, 3.8) is 0 Å². The number of hydrogen-bond acceptors (Lipinski definition) is 1. The Bertz CT molecular complexity index is 565. The first-order valence-electron chi connectivity index (χ1n) is 6.56. The molecule has 0 fully saturated rings. The summed E-state index contributed by atoms with van der Waals surface area (Å²) in [6.45, 7) is 9.29. The predicted octanol–water partition coefficient (Wildman–Crippen LogP) is 3.42. The fraction of sp³-hybridized carbons (Fsp3) is 0.375. The van der Waals surface area contributed by atoms with Crippen LogP contribution >= 0.6 is 0 Å². The third kappa shape index (κ3) is 1.97. The van der Waals surface area contributed by atoms with Gasteiger partial charge in [-0.25, -0.2) is 0 Å². The third-order valence-electron chi connectivity index (χ3n) is 3.68. The minimum atomic E-state index is 0.604. The van der Waals surface area contributed by atoms with Crippen LogP contribution in [0.25, 0.3) is 5.69 Å². The van der Waals surface area contributed by atoms with E-state index in [-0.39, 0.29) is 0 Å². The Hall–Kier alpha value is -1.54. The van der Waals surface area contributed by atoms with Crippen LogP contribution < -0.4 is 5.73 Å². The number of aromatic nitrogens is 1. The van der Waals surface area contributed by atoms with Gasteiger partial charge in [-0.3, -0.25) is 0 Å². The van der Waals surface area contributed by atoms with Gasteiger partial charge < -0.3 is 10.3 Å². The van der Waals surface area contributed by atoms with Gasteiger partial charge in [0.2, 0.25) is 0 Å². The maximum atomic E-state index is 5.81. The summed E-state index contributed by atoms with van der Waals surface area (Å²) in [5.41, 5.74) is 13.6. The summed E-state index contributed by atoms with van der Waals surface area (Å²) >= 11 is 0. The maximum Gasteiger partial charge on any atom is 0.0516 e. The molecule has 1 aromatic carbocycles. The second kappa shape index (κ2) is 4.99. The summed E-state index contributed by atoms with van der Waals surface area (Å²) in [7, 11) is 0. The van der Waals surface area contributed by atoms with Gasteiger partial charge in [0.25, 0.3) is 0 Å². The maximum absolute atomic E-state index is 5.81. The van der Waals surface area contributed by atoms with E-state index in [1.54, 1.807) is 0 Å². The number of benzene rings is 1. The number of nitrogens with two attached hydrogens (primary N) is 1. The highest BCUT2D eigenvalue weighted by Crippen LogP contribution is 2.26. The average Bonchev–Trinajstić information content (AvgIpc) is 2.64. The number of hydrogen-bond donors (Lipinski definition) is 1. The van der Waals surface area contributed by atoms with Crippen molar-refractivity contribution < 1.29 is 0 Å². The molecule has 2 N–H and O–H groups in total. The van der Waals surface area contributed by atoms with Crippen LogP contribution in [0.5, 0.6) is 0 Å². The molecule has 0 saturated carbocycles. The first-order valence-corrected chi connectivity index (χ1v) is 6.56. The lowest BCUT2D eigenvalue weighted by molar-refractivity contribution is 0.912. The second-order valence-corrected chi connectivity index (χ2v) is 4.87. The molecule has 0 aliphatic heterocycles. The SMILES string of the molecule is CCc1cccc(C)c1-n1c(C)cc(CN)c1C. The van der Waals surface area contributed by atoms with Crippen molar-refractivity contribution in [1.29, 1.82) is 0 Å². The molecule has 18 heavy (non-hydrogen) atoms. The minimum Gasteiger partial charge on any atom is -0.326 e. The van der Waals surface area contributed by atoms with E-state index in [9.17, 15) is 0 Å². The van der Waals surface area contributed by atoms with Gasteiger partial charge in [0.1, 0.15) is 0 Å². The largest absolute Gasteiger partial charge is 0.326 e. The first kappa shape index (κ1) is 12.9. The van der Waals surface area contributed by atoms with Gasteiger partial charge in [-0.15, -0.1) is 0 Å². The number of rotatable bonds is 3. The van der Waals surface area contributed by atoms with Gasteiger partial charge >= 0.3 is 0 Å². The first-order chi connectivity index (χ1) is 8.60. The smallest absolute Gasteiger partial charge is 0.0516 e. The van der Waals surface area contributed by atoms with Gasteiger partial charge in [-0.05, 0) is 49.9 Å². The predicted molar refractivity (Wildman–Crippen MR) is 77.2 cm³/mol. The van der Waals surface area contributed by atoms with Crippen molar-refractivity contribution in [3.05, 3.63) is 52.3 Å². The Morgan fingerprint density at radius 2 is 1.83 bits per heavy atom. The third-order valence-corrected chi connectivity index (χ3v) is 3.68. The molecule has 0 amide bonds. The van der Waals surface area contributed by atoms with Gasteiger partial charge in [0, 0.05) is 17.9 Å². The number of aryl methyl sites for hydroxylation is 3. The molecule has 2 heteroatoms. The minimum absolute atomic E-state index is 0.604. The van der Waals surface area contributed by atoms with E-state index in [0.717, 1.165) is 6.42 Å². The lowest BCUT2D eigenvalue weighted by Gasteiger charge is -2.17. The van der Waals surface area contributed by atoms with E-state index in [1.165, 1.54) is 33.8 Å². The molecule has 2 nitrogen and oxygen atoms in total. The van der Waals surface area contributed by atoms with Gasteiger partial charge in [0.05, 0.1) is 5.69 Å². The van der Waals surface area contributed by atoms with Crippen molar-refractivity contribution in [2.45, 2.75) is 40.7 Å². The lowest BCUT2D eigenvalue weighted by atomic mass is 10.1. The number of nitrogens with zero attached hydrogens (tertiary/aromatic N) is 1. The fourth-order valence-electron chi connectivity index (χ4n) is 2.70. The molecule has 0 bridgehead atoms. The van der Waals surface area contributed by atoms with Gasteiger partial charge in [0.15, 0.2) is 0 Å². The quantitative estimate of drug-likeness (QED) is 0.878. The Morgan fingerprint density at radius 3 is 2.39 bits per heavy atom. The summed E-state index contributed by atoms with van der Waals surface area (Å²) in [6, 6.07) is 8.72. The molecule has 0 radical (unpaired) electrons. The van der Waals surface area contributed by atoms with Crippen molar-refractivity contribution in [2.24, 2.45) is 5.73 Å². The molecule has 96 valence electrons. The summed E-state index contributed by atoms with van der Waals surface area (Å²) < 4.78 is 2.34. The van der Waals surface area contributed by atoms with Crippen LogP contribution in [0.2, 0.25) is 0 Å².